The molecule has 7 heteroatoms. The fraction of sp³-hybridized carbons (Fsp3) is 0.364. The molecule has 0 unspecified atom stereocenters. The molecule has 1 N–H and O–H groups in total. The van der Waals surface area contributed by atoms with E-state index in [1.807, 2.05) is 12.3 Å². The van der Waals surface area contributed by atoms with Crippen LogP contribution in [0.4, 0.5) is 0 Å². The van der Waals surface area contributed by atoms with Crippen molar-refractivity contribution in [1.29, 1.82) is 5.26 Å². The fourth-order valence-electron chi connectivity index (χ4n) is 1.26. The van der Waals surface area contributed by atoms with Gasteiger partial charge in [-0.3, -0.25) is 0 Å². The van der Waals surface area contributed by atoms with Crippen LogP contribution in [0.5, 0.6) is 0 Å². The molecule has 4 nitrogen and oxygen atoms in total. The van der Waals surface area contributed by atoms with E-state index in [0.717, 1.165) is 12.2 Å². The quantitative estimate of drug-likeness (QED) is 0.818. The molecule has 0 spiro atoms. The Balaban J connectivity index is 2.80. The Kier molecular flexibility index (Phi) is 5.96. The van der Waals surface area contributed by atoms with E-state index in [4.69, 9.17) is 16.9 Å². The summed E-state index contributed by atoms with van der Waals surface area (Å²) in [6, 6.07) is 5.95. The van der Waals surface area contributed by atoms with Crippen molar-refractivity contribution >= 4 is 33.4 Å². The average molecular weight is 305 g/mol. The Bertz CT molecular complexity index is 553. The van der Waals surface area contributed by atoms with Crippen molar-refractivity contribution in [2.24, 2.45) is 0 Å². The van der Waals surface area contributed by atoms with E-state index in [1.54, 1.807) is 11.8 Å². The average Bonchev–Trinajstić information content (AvgIpc) is 2.34. The van der Waals surface area contributed by atoms with Crippen molar-refractivity contribution in [3.8, 4) is 6.07 Å². The van der Waals surface area contributed by atoms with Crippen molar-refractivity contribution in [1.82, 2.24) is 4.72 Å². The van der Waals surface area contributed by atoms with Crippen LogP contribution in [0, 0.1) is 11.3 Å². The molecule has 1 aromatic carbocycles. The third-order valence-corrected chi connectivity index (χ3v) is 4.66. The molecule has 98 valence electrons. The summed E-state index contributed by atoms with van der Waals surface area (Å²) in [5, 5.41) is 8.85. The molecule has 0 atom stereocenters. The number of nitrogens with zero attached hydrogens (tertiary/aromatic N) is 1. The van der Waals surface area contributed by atoms with Crippen LogP contribution in [-0.4, -0.2) is 27.0 Å². The van der Waals surface area contributed by atoms with Crippen LogP contribution in [-0.2, 0) is 10.0 Å². The minimum Gasteiger partial charge on any atom is -0.211 e. The number of thioether (sulfide) groups is 1. The first kappa shape index (κ1) is 15.3. The monoisotopic (exact) mass is 304 g/mol. The maximum Gasteiger partial charge on any atom is 0.240 e. The summed E-state index contributed by atoms with van der Waals surface area (Å²) in [6.07, 6.45) is 2.74. The van der Waals surface area contributed by atoms with Gasteiger partial charge in [-0.1, -0.05) is 11.6 Å². The maximum atomic E-state index is 11.9. The van der Waals surface area contributed by atoms with Gasteiger partial charge in [-0.25, -0.2) is 13.1 Å². The predicted octanol–water partition coefficient (Wildman–Crippen LogP) is 2.24. The molecule has 0 aliphatic heterocycles. The molecule has 18 heavy (non-hydrogen) atoms. The number of nitrogens with one attached hydrogen (secondary N) is 1. The van der Waals surface area contributed by atoms with Gasteiger partial charge < -0.3 is 0 Å². The van der Waals surface area contributed by atoms with Gasteiger partial charge in [0.1, 0.15) is 6.07 Å². The van der Waals surface area contributed by atoms with Gasteiger partial charge in [0, 0.05) is 6.54 Å². The largest absolute Gasteiger partial charge is 0.240 e. The zero-order valence-corrected chi connectivity index (χ0v) is 12.2. The molecule has 0 fully saturated rings. The van der Waals surface area contributed by atoms with Crippen LogP contribution < -0.4 is 4.72 Å². The van der Waals surface area contributed by atoms with Gasteiger partial charge >= 0.3 is 0 Å². The highest BCUT2D eigenvalue weighted by Crippen LogP contribution is 2.19. The lowest BCUT2D eigenvalue weighted by Crippen LogP contribution is -2.25. The normalized spacial score (nSPS) is 11.2. The van der Waals surface area contributed by atoms with Crippen LogP contribution in [0.2, 0.25) is 5.02 Å². The van der Waals surface area contributed by atoms with E-state index < -0.39 is 10.0 Å². The summed E-state index contributed by atoms with van der Waals surface area (Å²) in [5.41, 5.74) is 0.262. The molecular formula is C11H13ClN2O2S2. The minimum atomic E-state index is -3.54. The second kappa shape index (κ2) is 7.00. The van der Waals surface area contributed by atoms with E-state index in [9.17, 15) is 8.42 Å². The maximum absolute atomic E-state index is 11.9. The molecule has 0 saturated heterocycles. The van der Waals surface area contributed by atoms with Crippen molar-refractivity contribution in [2.45, 2.75) is 11.3 Å². The van der Waals surface area contributed by atoms with Crippen LogP contribution in [0.3, 0.4) is 0 Å². The number of benzene rings is 1. The lowest BCUT2D eigenvalue weighted by molar-refractivity contribution is 0.581. The highest BCUT2D eigenvalue weighted by atomic mass is 35.5. The van der Waals surface area contributed by atoms with E-state index in [0.29, 0.717) is 6.54 Å². The SMILES string of the molecule is CSCCCNS(=O)(=O)c1ccc(C#N)c(Cl)c1. The fourth-order valence-corrected chi connectivity index (χ4v) is 3.08. The first-order valence-electron chi connectivity index (χ1n) is 5.19. The summed E-state index contributed by atoms with van der Waals surface area (Å²) in [5.74, 6) is 0.899. The molecule has 1 aromatic rings. The van der Waals surface area contributed by atoms with E-state index in [-0.39, 0.29) is 15.5 Å². The first-order chi connectivity index (χ1) is 8.51. The van der Waals surface area contributed by atoms with Crippen molar-refractivity contribution in [3.05, 3.63) is 28.8 Å². The van der Waals surface area contributed by atoms with Crippen LogP contribution >= 0.6 is 23.4 Å². The number of rotatable bonds is 6. The number of hydrogen-bond acceptors (Lipinski definition) is 4. The van der Waals surface area contributed by atoms with Crippen LogP contribution in [0.15, 0.2) is 23.1 Å². The standard InChI is InChI=1S/C11H13ClN2O2S2/c1-17-6-2-5-14-18(15,16)10-4-3-9(8-13)11(12)7-10/h3-4,7,14H,2,5-6H2,1H3. The highest BCUT2D eigenvalue weighted by Gasteiger charge is 2.14. The topological polar surface area (TPSA) is 70.0 Å². The Morgan fingerprint density at radius 3 is 2.78 bits per heavy atom. The lowest BCUT2D eigenvalue weighted by atomic mass is 10.2. The molecule has 0 radical (unpaired) electrons. The summed E-state index contributed by atoms with van der Waals surface area (Å²) in [7, 11) is -3.54. The minimum absolute atomic E-state index is 0.0793. The van der Waals surface area contributed by atoms with E-state index >= 15 is 0 Å². The summed E-state index contributed by atoms with van der Waals surface area (Å²) < 4.78 is 26.3. The number of nitriles is 1. The predicted molar refractivity (Wildman–Crippen MR) is 74.4 cm³/mol. The number of halogens is 1. The second-order valence-electron chi connectivity index (χ2n) is 3.50. The second-order valence-corrected chi connectivity index (χ2v) is 6.66. The molecular weight excluding hydrogens is 292 g/mol. The Morgan fingerprint density at radius 2 is 2.22 bits per heavy atom. The van der Waals surface area contributed by atoms with E-state index in [2.05, 4.69) is 4.72 Å². The Morgan fingerprint density at radius 1 is 1.50 bits per heavy atom. The van der Waals surface area contributed by atoms with Crippen molar-refractivity contribution in [3.63, 3.8) is 0 Å². The zero-order valence-electron chi connectivity index (χ0n) is 9.81. The van der Waals surface area contributed by atoms with Gasteiger partial charge in [-0.05, 0) is 36.6 Å². The van der Waals surface area contributed by atoms with Crippen LogP contribution in [0.25, 0.3) is 0 Å². The molecule has 0 saturated carbocycles. The van der Waals surface area contributed by atoms with Gasteiger partial charge in [0.25, 0.3) is 0 Å². The lowest BCUT2D eigenvalue weighted by Gasteiger charge is -2.07. The first-order valence-corrected chi connectivity index (χ1v) is 8.45. The molecule has 0 amide bonds. The molecule has 0 aliphatic carbocycles. The van der Waals surface area contributed by atoms with Gasteiger partial charge in [0.05, 0.1) is 15.5 Å². The van der Waals surface area contributed by atoms with Crippen molar-refractivity contribution < 1.29 is 8.42 Å². The van der Waals surface area contributed by atoms with Gasteiger partial charge in [0.2, 0.25) is 10.0 Å². The van der Waals surface area contributed by atoms with Crippen LogP contribution in [0.1, 0.15) is 12.0 Å². The Labute approximate surface area is 116 Å². The van der Waals surface area contributed by atoms with Crippen molar-refractivity contribution in [2.75, 3.05) is 18.6 Å². The van der Waals surface area contributed by atoms with Gasteiger partial charge in [-0.15, -0.1) is 0 Å². The molecule has 0 bridgehead atoms. The summed E-state index contributed by atoms with van der Waals surface area (Å²) >= 11 is 7.46. The third-order valence-electron chi connectivity index (χ3n) is 2.19. The number of sulfonamides is 1. The molecule has 1 rings (SSSR count). The Hall–Kier alpha value is -0.740. The third kappa shape index (κ3) is 4.18. The molecule has 0 aromatic heterocycles. The molecule has 0 aliphatic rings. The smallest absolute Gasteiger partial charge is 0.211 e. The van der Waals surface area contributed by atoms with E-state index in [1.165, 1.54) is 18.2 Å². The number of hydrogen-bond donors (Lipinski definition) is 1. The van der Waals surface area contributed by atoms with Gasteiger partial charge in [0.15, 0.2) is 0 Å². The van der Waals surface area contributed by atoms with Gasteiger partial charge in [-0.2, -0.15) is 17.0 Å². The highest BCUT2D eigenvalue weighted by molar-refractivity contribution is 7.98. The summed E-state index contributed by atoms with van der Waals surface area (Å²) in [4.78, 5) is 0.0793. The molecule has 0 heterocycles. The zero-order chi connectivity index (χ0) is 13.6. The summed E-state index contributed by atoms with van der Waals surface area (Å²) in [6.45, 7) is 0.390.